The lowest BCUT2D eigenvalue weighted by Crippen LogP contribution is -2.54. The van der Waals surface area contributed by atoms with Crippen LogP contribution in [-0.4, -0.2) is 59.3 Å². The Kier molecular flexibility index (Phi) is 9.17. The fourth-order valence-electron chi connectivity index (χ4n) is 3.42. The Hall–Kier alpha value is -1.86. The molecule has 0 spiro atoms. The second kappa shape index (κ2) is 11.4. The number of ether oxygens (including phenoxy) is 1. The summed E-state index contributed by atoms with van der Waals surface area (Å²) in [5.41, 5.74) is 1.14. The van der Waals surface area contributed by atoms with E-state index in [-0.39, 0.29) is 17.5 Å². The fourth-order valence-corrected chi connectivity index (χ4v) is 4.01. The van der Waals surface area contributed by atoms with Crippen LogP contribution < -0.4 is 10.6 Å². The molecule has 2 rings (SSSR count). The van der Waals surface area contributed by atoms with Crippen molar-refractivity contribution in [2.75, 3.05) is 19.7 Å². The Labute approximate surface area is 172 Å². The molecule has 0 radical (unpaired) electrons. The maximum Gasteiger partial charge on any atom is 0.362 e. The van der Waals surface area contributed by atoms with Crippen LogP contribution in [0.25, 0.3) is 0 Å². The van der Waals surface area contributed by atoms with Crippen molar-refractivity contribution in [3.05, 3.63) is 35.4 Å². The average Bonchev–Trinajstić information content (AvgIpc) is 2.71. The second-order valence-corrected chi connectivity index (χ2v) is 8.53. The summed E-state index contributed by atoms with van der Waals surface area (Å²) in [6.07, 6.45) is 2.72. The van der Waals surface area contributed by atoms with Crippen molar-refractivity contribution in [1.82, 2.24) is 10.6 Å². The number of benzene rings is 1. The Morgan fingerprint density at radius 2 is 2.14 bits per heavy atom. The van der Waals surface area contributed by atoms with E-state index in [1.165, 1.54) is 6.92 Å². The first kappa shape index (κ1) is 23.4. The van der Waals surface area contributed by atoms with Gasteiger partial charge in [-0.2, -0.15) is 0 Å². The molecule has 0 aliphatic carbocycles. The molecule has 1 heterocycles. The Morgan fingerprint density at radius 1 is 1.34 bits per heavy atom. The number of unbranched alkanes of at least 4 members (excludes halogenated alkanes) is 2. The minimum Gasteiger partial charge on any atom is -0.478 e. The number of amides is 1. The topological polar surface area (TPSA) is 125 Å². The molecule has 0 aromatic heterocycles. The molecule has 4 atom stereocenters. The molecule has 1 aliphatic heterocycles. The summed E-state index contributed by atoms with van der Waals surface area (Å²) >= 11 is 0. The summed E-state index contributed by atoms with van der Waals surface area (Å²) in [5.74, 6) is -1.02. The van der Waals surface area contributed by atoms with Gasteiger partial charge < -0.3 is 25.6 Å². The smallest absolute Gasteiger partial charge is 0.362 e. The van der Waals surface area contributed by atoms with Gasteiger partial charge in [0.05, 0.1) is 12.2 Å². The molecule has 1 aliphatic rings. The van der Waals surface area contributed by atoms with E-state index in [4.69, 9.17) is 9.84 Å². The number of aromatic carboxylic acids is 1. The molecular weight excluding hydrogens is 395 g/mol. The molecule has 160 valence electrons. The normalized spacial score (nSPS) is 21.4. The molecule has 29 heavy (non-hydrogen) atoms. The van der Waals surface area contributed by atoms with Gasteiger partial charge in [-0.15, -0.1) is 0 Å². The summed E-state index contributed by atoms with van der Waals surface area (Å²) in [5, 5.41) is 24.5. The van der Waals surface area contributed by atoms with Gasteiger partial charge >= 0.3 is 14.4 Å². The number of carbonyl (C=O) groups excluding carboxylic acids is 1. The lowest BCUT2D eigenvalue weighted by atomic mass is 10.00. The Morgan fingerprint density at radius 3 is 2.76 bits per heavy atom. The summed E-state index contributed by atoms with van der Waals surface area (Å²) < 4.78 is 17.5. The van der Waals surface area contributed by atoms with Crippen molar-refractivity contribution >= 4 is 20.3 Å². The predicted molar refractivity (Wildman–Crippen MR) is 110 cm³/mol. The number of carboxylic acid groups (broad SMARTS) is 1. The van der Waals surface area contributed by atoms with E-state index in [2.05, 4.69) is 10.6 Å². The number of nitrogens with one attached hydrogen (secondary N) is 2. The third kappa shape index (κ3) is 7.48. The van der Waals surface area contributed by atoms with Gasteiger partial charge in [-0.1, -0.05) is 23.1 Å². The monoisotopic (exact) mass is 425 g/mol. The zero-order chi connectivity index (χ0) is 21.3. The molecule has 4 N–H and O–H groups in total. The van der Waals surface area contributed by atoms with Crippen molar-refractivity contribution in [3.63, 3.8) is 0 Å². The standard InChI is InChI=1S/C20H29N2O6P/c1-14(23)21-9-4-2-3-8-20(26,29-27)18-12-22-17(13-28-18)11-15-6-5-7-16(10-15)19(24)25/h5-7,10,17-18,22,26H,2-4,8-9,11-13H2,1H3,(H,21,23)(H,24,25)/p+1/t17-,18+,20?/m1/s1. The third-order valence-electron chi connectivity index (χ3n) is 5.06. The highest BCUT2D eigenvalue weighted by Crippen LogP contribution is 2.33. The molecule has 8 nitrogen and oxygen atoms in total. The molecule has 1 aromatic rings. The number of aliphatic hydroxyl groups is 1. The minimum absolute atomic E-state index is 0.00724. The highest BCUT2D eigenvalue weighted by molar-refractivity contribution is 7.25. The first-order chi connectivity index (χ1) is 13.8. The van der Waals surface area contributed by atoms with Gasteiger partial charge in [0.25, 0.3) is 5.34 Å². The predicted octanol–water partition coefficient (Wildman–Crippen LogP) is 1.69. The van der Waals surface area contributed by atoms with Crippen molar-refractivity contribution in [2.45, 2.75) is 56.5 Å². The van der Waals surface area contributed by atoms with E-state index in [1.54, 1.807) is 18.2 Å². The lowest BCUT2D eigenvalue weighted by Gasteiger charge is -2.34. The minimum atomic E-state index is -1.39. The van der Waals surface area contributed by atoms with Crippen LogP contribution in [0.1, 0.15) is 48.5 Å². The van der Waals surface area contributed by atoms with E-state index in [1.807, 2.05) is 6.07 Å². The van der Waals surface area contributed by atoms with Crippen LogP contribution in [0.4, 0.5) is 0 Å². The molecule has 1 amide bonds. The largest absolute Gasteiger partial charge is 0.478 e. The summed E-state index contributed by atoms with van der Waals surface area (Å²) in [7, 11) is -0.893. The number of rotatable bonds is 11. The first-order valence-electron chi connectivity index (χ1n) is 9.87. The van der Waals surface area contributed by atoms with E-state index in [0.717, 1.165) is 18.4 Å². The van der Waals surface area contributed by atoms with Crippen LogP contribution >= 0.6 is 8.46 Å². The molecule has 0 bridgehead atoms. The van der Waals surface area contributed by atoms with Gasteiger partial charge in [-0.25, -0.2) is 4.79 Å². The van der Waals surface area contributed by atoms with Gasteiger partial charge in [-0.3, -0.25) is 4.79 Å². The van der Waals surface area contributed by atoms with Crippen molar-refractivity contribution in [2.24, 2.45) is 0 Å². The van der Waals surface area contributed by atoms with Crippen LogP contribution in [-0.2, 0) is 20.5 Å². The zero-order valence-corrected chi connectivity index (χ0v) is 17.6. The molecule has 1 fully saturated rings. The molecule has 0 saturated carbocycles. The average molecular weight is 425 g/mol. The number of hydrogen-bond donors (Lipinski definition) is 4. The van der Waals surface area contributed by atoms with E-state index >= 15 is 0 Å². The fraction of sp³-hybridized carbons (Fsp3) is 0.600. The summed E-state index contributed by atoms with van der Waals surface area (Å²) in [4.78, 5) is 21.9. The van der Waals surface area contributed by atoms with Crippen LogP contribution in [0.15, 0.2) is 24.3 Å². The van der Waals surface area contributed by atoms with Crippen molar-refractivity contribution in [1.29, 1.82) is 0 Å². The quantitative estimate of drug-likeness (QED) is 0.314. The number of morpholine rings is 1. The highest BCUT2D eigenvalue weighted by Gasteiger charge is 2.47. The first-order valence-corrected chi connectivity index (χ1v) is 10.8. The van der Waals surface area contributed by atoms with Gasteiger partial charge in [0.15, 0.2) is 0 Å². The summed E-state index contributed by atoms with van der Waals surface area (Å²) in [6, 6.07) is 6.78. The lowest BCUT2D eigenvalue weighted by molar-refractivity contribution is -0.118. The third-order valence-corrected chi connectivity index (χ3v) is 5.99. The molecule has 1 saturated heterocycles. The van der Waals surface area contributed by atoms with Gasteiger partial charge in [0, 0.05) is 32.5 Å². The molecular formula is C20H30N2O6P+. The van der Waals surface area contributed by atoms with E-state index in [9.17, 15) is 19.3 Å². The number of carboxylic acids is 1. The number of carbonyl (C=O) groups is 2. The Balaban J connectivity index is 1.78. The number of hydrogen-bond acceptors (Lipinski definition) is 6. The van der Waals surface area contributed by atoms with Gasteiger partial charge in [0.2, 0.25) is 5.91 Å². The molecule has 2 unspecified atom stereocenters. The maximum atomic E-state index is 11.7. The van der Waals surface area contributed by atoms with Crippen LogP contribution in [0, 0.1) is 0 Å². The van der Waals surface area contributed by atoms with E-state index < -0.39 is 25.9 Å². The van der Waals surface area contributed by atoms with Gasteiger partial charge in [-0.05, 0) is 37.0 Å². The zero-order valence-electron chi connectivity index (χ0n) is 16.6. The molecule has 1 aromatic carbocycles. The maximum absolute atomic E-state index is 11.7. The van der Waals surface area contributed by atoms with Gasteiger partial charge in [0.1, 0.15) is 6.10 Å². The second-order valence-electron chi connectivity index (χ2n) is 7.46. The van der Waals surface area contributed by atoms with E-state index in [0.29, 0.717) is 39.0 Å². The van der Waals surface area contributed by atoms with Crippen molar-refractivity contribution in [3.8, 4) is 0 Å². The highest BCUT2D eigenvalue weighted by atomic mass is 31.1. The van der Waals surface area contributed by atoms with Crippen molar-refractivity contribution < 1.29 is 29.1 Å². The van der Waals surface area contributed by atoms with Crippen LogP contribution in [0.2, 0.25) is 0 Å². The van der Waals surface area contributed by atoms with Crippen LogP contribution in [0.5, 0.6) is 0 Å². The SMILES string of the molecule is CC(=O)NCCCCCC(O)([PH+]=O)[C@@H]1CN[C@H](Cc2cccc(C(=O)O)c2)CO1. The van der Waals surface area contributed by atoms with Crippen LogP contribution in [0.3, 0.4) is 0 Å². The summed E-state index contributed by atoms with van der Waals surface area (Å²) in [6.45, 7) is 2.79. The molecule has 9 heteroatoms. The Bertz CT molecular complexity index is 708.